The van der Waals surface area contributed by atoms with E-state index in [0.717, 1.165) is 23.9 Å². The van der Waals surface area contributed by atoms with Gasteiger partial charge < -0.3 is 14.6 Å². The summed E-state index contributed by atoms with van der Waals surface area (Å²) in [4.78, 5) is 12.2. The second-order valence-electron chi connectivity index (χ2n) is 4.27. The molecule has 0 aliphatic heterocycles. The highest BCUT2D eigenvalue weighted by Gasteiger charge is 2.16. The number of nitrogens with zero attached hydrogens (tertiary/aromatic N) is 1. The zero-order chi connectivity index (χ0) is 13.5. The van der Waals surface area contributed by atoms with Crippen LogP contribution >= 0.6 is 15.9 Å². The van der Waals surface area contributed by atoms with Crippen molar-refractivity contribution in [2.45, 2.75) is 39.3 Å². The van der Waals surface area contributed by atoms with Gasteiger partial charge in [-0.25, -0.2) is 0 Å². The maximum Gasteiger partial charge on any atom is 0.268 e. The molecule has 0 aliphatic rings. The lowest BCUT2D eigenvalue weighted by atomic mass is 10.2. The number of carbonyl (C=O) groups excluding carboxylic acids is 1. The number of rotatable bonds is 7. The number of halogens is 1. The molecule has 1 unspecified atom stereocenters. The van der Waals surface area contributed by atoms with Crippen LogP contribution in [-0.2, 0) is 11.3 Å². The molecule has 0 fully saturated rings. The Bertz CT molecular complexity index is 390. The largest absolute Gasteiger partial charge is 0.383 e. The first kappa shape index (κ1) is 15.2. The number of amides is 1. The highest BCUT2D eigenvalue weighted by Crippen LogP contribution is 2.15. The highest BCUT2D eigenvalue weighted by atomic mass is 79.9. The molecule has 0 aromatic carbocycles. The van der Waals surface area contributed by atoms with Crippen molar-refractivity contribution in [2.75, 3.05) is 13.7 Å². The van der Waals surface area contributed by atoms with E-state index in [-0.39, 0.29) is 11.9 Å². The Balaban J connectivity index is 2.76. The van der Waals surface area contributed by atoms with Crippen LogP contribution in [0.15, 0.2) is 16.7 Å². The third-order valence-corrected chi connectivity index (χ3v) is 3.19. The highest BCUT2D eigenvalue weighted by molar-refractivity contribution is 9.10. The second-order valence-corrected chi connectivity index (χ2v) is 5.19. The molecule has 0 radical (unpaired) electrons. The van der Waals surface area contributed by atoms with E-state index in [4.69, 9.17) is 4.74 Å². The summed E-state index contributed by atoms with van der Waals surface area (Å²) in [6.07, 6.45) is 3.79. The molecule has 0 aliphatic carbocycles. The van der Waals surface area contributed by atoms with Crippen molar-refractivity contribution >= 4 is 21.8 Å². The van der Waals surface area contributed by atoms with Gasteiger partial charge in [0, 0.05) is 24.3 Å². The van der Waals surface area contributed by atoms with Crippen LogP contribution in [0.2, 0.25) is 0 Å². The molecule has 0 saturated carbocycles. The van der Waals surface area contributed by atoms with Gasteiger partial charge in [0.15, 0.2) is 0 Å². The Kier molecular flexibility index (Phi) is 6.43. The van der Waals surface area contributed by atoms with E-state index in [0.29, 0.717) is 12.3 Å². The average Bonchev–Trinajstić information content (AvgIpc) is 2.70. The average molecular weight is 317 g/mol. The maximum absolute atomic E-state index is 12.2. The van der Waals surface area contributed by atoms with Crippen molar-refractivity contribution < 1.29 is 9.53 Å². The molecule has 4 nitrogen and oxygen atoms in total. The monoisotopic (exact) mass is 316 g/mol. The van der Waals surface area contributed by atoms with Crippen LogP contribution in [-0.4, -0.2) is 30.2 Å². The lowest BCUT2D eigenvalue weighted by Crippen LogP contribution is -2.38. The fourth-order valence-corrected chi connectivity index (χ4v) is 2.28. The number of ether oxygens (including phenoxy) is 1. The van der Waals surface area contributed by atoms with Gasteiger partial charge in [-0.1, -0.05) is 13.8 Å². The molecule has 1 rings (SSSR count). The summed E-state index contributed by atoms with van der Waals surface area (Å²) in [5.74, 6) is -0.0435. The molecule has 1 heterocycles. The molecular formula is C13H21BrN2O2. The first-order valence-corrected chi connectivity index (χ1v) is 7.07. The SMILES string of the molecule is CCCn1cc(Br)cc1C(=O)NC(CC)COC. The van der Waals surface area contributed by atoms with Crippen LogP contribution in [0, 0.1) is 0 Å². The van der Waals surface area contributed by atoms with E-state index in [1.165, 1.54) is 0 Å². The van der Waals surface area contributed by atoms with Gasteiger partial charge in [0.05, 0.1) is 12.6 Å². The Hall–Kier alpha value is -0.810. The quantitative estimate of drug-likeness (QED) is 0.840. The number of hydrogen-bond donors (Lipinski definition) is 1. The molecule has 1 N–H and O–H groups in total. The summed E-state index contributed by atoms with van der Waals surface area (Å²) in [6.45, 7) is 5.51. The Morgan fingerprint density at radius 1 is 1.56 bits per heavy atom. The summed E-state index contributed by atoms with van der Waals surface area (Å²) in [7, 11) is 1.64. The van der Waals surface area contributed by atoms with Crippen molar-refractivity contribution in [3.63, 3.8) is 0 Å². The van der Waals surface area contributed by atoms with E-state index in [2.05, 4.69) is 28.2 Å². The molecule has 5 heteroatoms. The first-order chi connectivity index (χ1) is 8.62. The molecule has 1 aromatic rings. The Morgan fingerprint density at radius 3 is 2.83 bits per heavy atom. The van der Waals surface area contributed by atoms with Crippen LogP contribution in [0.25, 0.3) is 0 Å². The molecule has 1 aromatic heterocycles. The predicted octanol–water partition coefficient (Wildman–Crippen LogP) is 2.82. The van der Waals surface area contributed by atoms with Crippen LogP contribution < -0.4 is 5.32 Å². The van der Waals surface area contributed by atoms with Crippen LogP contribution in [0.5, 0.6) is 0 Å². The van der Waals surface area contributed by atoms with Crippen molar-refractivity contribution in [3.05, 3.63) is 22.4 Å². The van der Waals surface area contributed by atoms with E-state index in [1.54, 1.807) is 7.11 Å². The second kappa shape index (κ2) is 7.59. The van der Waals surface area contributed by atoms with Gasteiger partial charge in [-0.2, -0.15) is 0 Å². The number of hydrogen-bond acceptors (Lipinski definition) is 2. The lowest BCUT2D eigenvalue weighted by molar-refractivity contribution is 0.0885. The minimum atomic E-state index is -0.0435. The number of nitrogens with one attached hydrogen (secondary N) is 1. The molecular weight excluding hydrogens is 296 g/mol. The minimum Gasteiger partial charge on any atom is -0.383 e. The van der Waals surface area contributed by atoms with E-state index < -0.39 is 0 Å². The molecule has 102 valence electrons. The lowest BCUT2D eigenvalue weighted by Gasteiger charge is -2.16. The summed E-state index contributed by atoms with van der Waals surface area (Å²) >= 11 is 3.41. The zero-order valence-corrected chi connectivity index (χ0v) is 12.8. The van der Waals surface area contributed by atoms with Gasteiger partial charge in [-0.15, -0.1) is 0 Å². The predicted molar refractivity (Wildman–Crippen MR) is 75.8 cm³/mol. The molecule has 1 atom stereocenters. The van der Waals surface area contributed by atoms with Crippen molar-refractivity contribution in [1.29, 1.82) is 0 Å². The number of aromatic nitrogens is 1. The third kappa shape index (κ3) is 4.14. The first-order valence-electron chi connectivity index (χ1n) is 6.27. The van der Waals surface area contributed by atoms with Gasteiger partial charge in [0.2, 0.25) is 0 Å². The summed E-state index contributed by atoms with van der Waals surface area (Å²) in [6, 6.07) is 1.91. The molecule has 18 heavy (non-hydrogen) atoms. The van der Waals surface area contributed by atoms with Gasteiger partial charge in [0.25, 0.3) is 5.91 Å². The van der Waals surface area contributed by atoms with Crippen LogP contribution in [0.1, 0.15) is 37.2 Å². The summed E-state index contributed by atoms with van der Waals surface area (Å²) in [5.41, 5.74) is 0.693. The zero-order valence-electron chi connectivity index (χ0n) is 11.2. The fraction of sp³-hybridized carbons (Fsp3) is 0.615. The van der Waals surface area contributed by atoms with Gasteiger partial charge in [-0.05, 0) is 34.8 Å². The van der Waals surface area contributed by atoms with Gasteiger partial charge in [-0.3, -0.25) is 4.79 Å². The van der Waals surface area contributed by atoms with E-state index >= 15 is 0 Å². The number of carbonyl (C=O) groups is 1. The summed E-state index contributed by atoms with van der Waals surface area (Å²) < 4.78 is 7.99. The van der Waals surface area contributed by atoms with Crippen molar-refractivity contribution in [1.82, 2.24) is 9.88 Å². The van der Waals surface area contributed by atoms with E-state index in [1.807, 2.05) is 23.8 Å². The smallest absolute Gasteiger partial charge is 0.268 e. The van der Waals surface area contributed by atoms with Crippen LogP contribution in [0.3, 0.4) is 0 Å². The summed E-state index contributed by atoms with van der Waals surface area (Å²) in [5, 5.41) is 2.99. The fourth-order valence-electron chi connectivity index (χ4n) is 1.81. The Labute approximate surface area is 117 Å². The van der Waals surface area contributed by atoms with Crippen molar-refractivity contribution in [2.24, 2.45) is 0 Å². The number of methoxy groups -OCH3 is 1. The topological polar surface area (TPSA) is 43.3 Å². The molecule has 0 spiro atoms. The van der Waals surface area contributed by atoms with Gasteiger partial charge >= 0.3 is 0 Å². The van der Waals surface area contributed by atoms with Gasteiger partial charge in [0.1, 0.15) is 5.69 Å². The maximum atomic E-state index is 12.2. The standard InChI is InChI=1S/C13H21BrN2O2/c1-4-6-16-8-10(14)7-12(16)13(17)15-11(5-2)9-18-3/h7-8,11H,4-6,9H2,1-3H3,(H,15,17). The molecule has 0 saturated heterocycles. The molecule has 1 amide bonds. The minimum absolute atomic E-state index is 0.0435. The Morgan fingerprint density at radius 2 is 2.28 bits per heavy atom. The van der Waals surface area contributed by atoms with Crippen LogP contribution in [0.4, 0.5) is 0 Å². The van der Waals surface area contributed by atoms with E-state index in [9.17, 15) is 4.79 Å². The normalized spacial score (nSPS) is 12.4. The number of aryl methyl sites for hydroxylation is 1. The van der Waals surface area contributed by atoms with Crippen molar-refractivity contribution in [3.8, 4) is 0 Å². The molecule has 0 bridgehead atoms. The third-order valence-electron chi connectivity index (χ3n) is 2.76.